The fourth-order valence-corrected chi connectivity index (χ4v) is 3.40. The molecular formula is C14H20N2OS. The highest BCUT2D eigenvalue weighted by molar-refractivity contribution is 8.00. The summed E-state index contributed by atoms with van der Waals surface area (Å²) in [5, 5.41) is 6.73. The first-order valence-corrected chi connectivity index (χ1v) is 7.44. The molecule has 2 rings (SSSR count). The maximum absolute atomic E-state index is 12.0. The smallest absolute Gasteiger partial charge is 0.251 e. The molecular weight excluding hydrogens is 244 g/mol. The number of amides is 1. The van der Waals surface area contributed by atoms with Crippen molar-refractivity contribution >= 4 is 23.4 Å². The van der Waals surface area contributed by atoms with Crippen LogP contribution in [0, 0.1) is 6.92 Å². The highest BCUT2D eigenvalue weighted by Crippen LogP contribution is 2.25. The van der Waals surface area contributed by atoms with E-state index in [0.29, 0.717) is 5.25 Å². The van der Waals surface area contributed by atoms with Gasteiger partial charge in [0.1, 0.15) is 0 Å². The second-order valence-corrected chi connectivity index (χ2v) is 6.03. The maximum Gasteiger partial charge on any atom is 0.251 e. The molecule has 1 aliphatic heterocycles. The summed E-state index contributed by atoms with van der Waals surface area (Å²) in [6, 6.07) is 5.76. The molecule has 1 fully saturated rings. The van der Waals surface area contributed by atoms with Crippen LogP contribution < -0.4 is 10.6 Å². The van der Waals surface area contributed by atoms with Crippen LogP contribution in [-0.2, 0) is 0 Å². The molecule has 0 aliphatic carbocycles. The topological polar surface area (TPSA) is 41.1 Å². The van der Waals surface area contributed by atoms with Crippen LogP contribution in [0.1, 0.15) is 28.8 Å². The largest absolute Gasteiger partial charge is 0.388 e. The third-order valence-electron chi connectivity index (χ3n) is 3.27. The van der Waals surface area contributed by atoms with Gasteiger partial charge in [0.15, 0.2) is 0 Å². The Kier molecular flexibility index (Phi) is 4.53. The van der Waals surface area contributed by atoms with Gasteiger partial charge in [-0.05, 0) is 49.3 Å². The summed E-state index contributed by atoms with van der Waals surface area (Å²) in [6.07, 6.45) is 2.50. The molecule has 0 saturated carbocycles. The molecule has 1 aromatic carbocycles. The first-order chi connectivity index (χ1) is 8.70. The molecule has 1 aliphatic rings. The van der Waals surface area contributed by atoms with Crippen molar-refractivity contribution in [1.82, 2.24) is 5.32 Å². The van der Waals surface area contributed by atoms with Gasteiger partial charge in [0, 0.05) is 30.1 Å². The average molecular weight is 264 g/mol. The van der Waals surface area contributed by atoms with Crippen molar-refractivity contribution in [2.24, 2.45) is 0 Å². The lowest BCUT2D eigenvalue weighted by molar-refractivity contribution is 0.0953. The SMILES string of the molecule is CNc1ccc(C(=O)NCC2CCCS2)cc1C. The van der Waals surface area contributed by atoms with E-state index in [2.05, 4.69) is 10.6 Å². The molecule has 1 atom stereocenters. The quantitative estimate of drug-likeness (QED) is 0.878. The van der Waals surface area contributed by atoms with Gasteiger partial charge in [-0.2, -0.15) is 11.8 Å². The second kappa shape index (κ2) is 6.14. The van der Waals surface area contributed by atoms with Gasteiger partial charge in [-0.3, -0.25) is 4.79 Å². The number of hydrogen-bond acceptors (Lipinski definition) is 3. The van der Waals surface area contributed by atoms with Crippen LogP contribution in [-0.4, -0.2) is 30.5 Å². The van der Waals surface area contributed by atoms with Gasteiger partial charge in [0.05, 0.1) is 0 Å². The molecule has 4 heteroatoms. The first-order valence-electron chi connectivity index (χ1n) is 6.39. The summed E-state index contributed by atoms with van der Waals surface area (Å²) >= 11 is 1.96. The Bertz CT molecular complexity index is 428. The number of carbonyl (C=O) groups is 1. The van der Waals surface area contributed by atoms with Crippen molar-refractivity contribution in [2.45, 2.75) is 25.0 Å². The Labute approximate surface area is 113 Å². The van der Waals surface area contributed by atoms with Gasteiger partial charge < -0.3 is 10.6 Å². The molecule has 1 heterocycles. The average Bonchev–Trinajstić information content (AvgIpc) is 2.89. The summed E-state index contributed by atoms with van der Waals surface area (Å²) in [4.78, 5) is 12.0. The third kappa shape index (κ3) is 3.19. The van der Waals surface area contributed by atoms with E-state index in [0.717, 1.165) is 23.4 Å². The van der Waals surface area contributed by atoms with Gasteiger partial charge in [-0.25, -0.2) is 0 Å². The Balaban J connectivity index is 1.93. The molecule has 98 valence electrons. The minimum absolute atomic E-state index is 0.0354. The number of thioether (sulfide) groups is 1. The monoisotopic (exact) mass is 264 g/mol. The van der Waals surface area contributed by atoms with Gasteiger partial charge in [0.2, 0.25) is 0 Å². The zero-order valence-electron chi connectivity index (χ0n) is 11.0. The molecule has 1 unspecified atom stereocenters. The van der Waals surface area contributed by atoms with Crippen molar-refractivity contribution in [2.75, 3.05) is 24.7 Å². The Morgan fingerprint density at radius 3 is 2.94 bits per heavy atom. The summed E-state index contributed by atoms with van der Waals surface area (Å²) in [7, 11) is 1.89. The zero-order chi connectivity index (χ0) is 13.0. The van der Waals surface area contributed by atoms with E-state index in [-0.39, 0.29) is 5.91 Å². The fraction of sp³-hybridized carbons (Fsp3) is 0.500. The highest BCUT2D eigenvalue weighted by Gasteiger charge is 2.16. The number of benzene rings is 1. The van der Waals surface area contributed by atoms with Crippen LogP contribution in [0.3, 0.4) is 0 Å². The molecule has 0 bridgehead atoms. The van der Waals surface area contributed by atoms with Crippen molar-refractivity contribution in [3.8, 4) is 0 Å². The Morgan fingerprint density at radius 2 is 2.33 bits per heavy atom. The lowest BCUT2D eigenvalue weighted by Crippen LogP contribution is -2.29. The van der Waals surface area contributed by atoms with Crippen molar-refractivity contribution in [3.05, 3.63) is 29.3 Å². The first kappa shape index (κ1) is 13.3. The van der Waals surface area contributed by atoms with Crippen molar-refractivity contribution < 1.29 is 4.79 Å². The summed E-state index contributed by atoms with van der Waals surface area (Å²) in [5.74, 6) is 1.27. The maximum atomic E-state index is 12.0. The van der Waals surface area contributed by atoms with Crippen molar-refractivity contribution in [3.63, 3.8) is 0 Å². The molecule has 1 saturated heterocycles. The lowest BCUT2D eigenvalue weighted by atomic mass is 10.1. The van der Waals surface area contributed by atoms with E-state index in [4.69, 9.17) is 0 Å². The van der Waals surface area contributed by atoms with Crippen LogP contribution in [0.5, 0.6) is 0 Å². The van der Waals surface area contributed by atoms with Crippen LogP contribution in [0.4, 0.5) is 5.69 Å². The molecule has 2 N–H and O–H groups in total. The number of carbonyl (C=O) groups excluding carboxylic acids is 1. The molecule has 1 aromatic rings. The van der Waals surface area contributed by atoms with Crippen LogP contribution in [0.25, 0.3) is 0 Å². The molecule has 0 aromatic heterocycles. The fourth-order valence-electron chi connectivity index (χ4n) is 2.20. The van der Waals surface area contributed by atoms with Gasteiger partial charge >= 0.3 is 0 Å². The highest BCUT2D eigenvalue weighted by atomic mass is 32.2. The van der Waals surface area contributed by atoms with Gasteiger partial charge in [-0.1, -0.05) is 0 Å². The lowest BCUT2D eigenvalue weighted by Gasteiger charge is -2.11. The van der Waals surface area contributed by atoms with Crippen LogP contribution >= 0.6 is 11.8 Å². The number of aryl methyl sites for hydroxylation is 1. The van der Waals surface area contributed by atoms with Gasteiger partial charge in [-0.15, -0.1) is 0 Å². The van der Waals surface area contributed by atoms with Crippen LogP contribution in [0.2, 0.25) is 0 Å². The van der Waals surface area contributed by atoms with E-state index in [1.54, 1.807) is 0 Å². The minimum atomic E-state index is 0.0354. The van der Waals surface area contributed by atoms with E-state index in [1.165, 1.54) is 18.6 Å². The predicted octanol–water partition coefficient (Wildman–Crippen LogP) is 2.66. The molecule has 1 amide bonds. The Morgan fingerprint density at radius 1 is 1.50 bits per heavy atom. The molecule has 0 spiro atoms. The van der Waals surface area contributed by atoms with Crippen molar-refractivity contribution in [1.29, 1.82) is 0 Å². The van der Waals surface area contributed by atoms with E-state index >= 15 is 0 Å². The number of hydrogen-bond donors (Lipinski definition) is 2. The van der Waals surface area contributed by atoms with E-state index < -0.39 is 0 Å². The standard InChI is InChI=1S/C14H20N2OS/c1-10-8-11(5-6-13(10)15-2)14(17)16-9-12-4-3-7-18-12/h5-6,8,12,15H,3-4,7,9H2,1-2H3,(H,16,17). The second-order valence-electron chi connectivity index (χ2n) is 4.62. The summed E-state index contributed by atoms with van der Waals surface area (Å²) < 4.78 is 0. The van der Waals surface area contributed by atoms with E-state index in [9.17, 15) is 4.79 Å². The van der Waals surface area contributed by atoms with E-state index in [1.807, 2.05) is 43.9 Å². The molecule has 0 radical (unpaired) electrons. The number of anilines is 1. The molecule has 18 heavy (non-hydrogen) atoms. The zero-order valence-corrected chi connectivity index (χ0v) is 11.8. The predicted molar refractivity (Wildman–Crippen MR) is 78.5 cm³/mol. The van der Waals surface area contributed by atoms with Gasteiger partial charge in [0.25, 0.3) is 5.91 Å². The normalized spacial score (nSPS) is 18.7. The van der Waals surface area contributed by atoms with Crippen LogP contribution in [0.15, 0.2) is 18.2 Å². The summed E-state index contributed by atoms with van der Waals surface area (Å²) in [6.45, 7) is 2.80. The number of rotatable bonds is 4. The number of nitrogens with one attached hydrogen (secondary N) is 2. The minimum Gasteiger partial charge on any atom is -0.388 e. The Hall–Kier alpha value is -1.16. The molecule has 3 nitrogen and oxygen atoms in total. The third-order valence-corrected chi connectivity index (χ3v) is 4.67. The summed E-state index contributed by atoms with van der Waals surface area (Å²) in [5.41, 5.74) is 2.91.